The lowest BCUT2D eigenvalue weighted by atomic mass is 10.0. The Bertz CT molecular complexity index is 415. The van der Waals surface area contributed by atoms with E-state index in [0.717, 1.165) is 5.56 Å². The summed E-state index contributed by atoms with van der Waals surface area (Å²) in [5.74, 6) is 0.0210. The molecule has 1 aromatic rings. The summed E-state index contributed by atoms with van der Waals surface area (Å²) in [7, 11) is 0. The lowest BCUT2D eigenvalue weighted by Gasteiger charge is -2.25. The van der Waals surface area contributed by atoms with E-state index < -0.39 is 9.75 Å². The van der Waals surface area contributed by atoms with Crippen LogP contribution < -0.4 is 0 Å². The van der Waals surface area contributed by atoms with E-state index in [-0.39, 0.29) is 12.2 Å². The maximum absolute atomic E-state index is 6.52. The molecule has 2 nitrogen and oxygen atoms in total. The molecule has 0 N–H and O–H groups in total. The molecule has 0 bridgehead atoms. The van der Waals surface area contributed by atoms with Gasteiger partial charge in [-0.3, -0.25) is 0 Å². The minimum absolute atomic E-state index is 0.0210. The second kappa shape index (κ2) is 5.61. The molecular weight excluding hydrogens is 283 g/mol. The highest BCUT2D eigenvalue weighted by atomic mass is 35.5. The van der Waals surface area contributed by atoms with Crippen molar-refractivity contribution in [2.45, 2.75) is 37.3 Å². The van der Waals surface area contributed by atoms with E-state index in [0.29, 0.717) is 13.2 Å². The highest BCUT2D eigenvalue weighted by Gasteiger charge is 2.77. The molecule has 106 valence electrons. The fourth-order valence-corrected chi connectivity index (χ4v) is 3.73. The summed E-state index contributed by atoms with van der Waals surface area (Å²) in [6, 6.07) is 10.1. The standard InChI is InChI=1S/C15H20Cl2O2/c1-4-18-13(19-5-2)14(3)12(15(14,16)17)11-9-7-6-8-10-11/h6-10,12-13H,4-5H2,1-3H3. The summed E-state index contributed by atoms with van der Waals surface area (Å²) >= 11 is 13.0. The van der Waals surface area contributed by atoms with E-state index in [1.165, 1.54) is 0 Å². The molecule has 1 fully saturated rings. The van der Waals surface area contributed by atoms with Crippen LogP contribution in [-0.2, 0) is 9.47 Å². The Kier molecular flexibility index (Phi) is 4.46. The number of hydrogen-bond donors (Lipinski definition) is 0. The van der Waals surface area contributed by atoms with Gasteiger partial charge in [-0.15, -0.1) is 23.2 Å². The van der Waals surface area contributed by atoms with Crippen molar-refractivity contribution in [1.82, 2.24) is 0 Å². The third-order valence-corrected chi connectivity index (χ3v) is 5.11. The van der Waals surface area contributed by atoms with Crippen LogP contribution in [0.2, 0.25) is 0 Å². The predicted octanol–water partition coefficient (Wildman–Crippen LogP) is 4.36. The highest BCUT2D eigenvalue weighted by molar-refractivity contribution is 6.52. The Labute approximate surface area is 125 Å². The second-order valence-corrected chi connectivity index (χ2v) is 6.38. The van der Waals surface area contributed by atoms with Gasteiger partial charge in [-0.25, -0.2) is 0 Å². The molecule has 0 aromatic heterocycles. The van der Waals surface area contributed by atoms with Crippen molar-refractivity contribution in [3.8, 4) is 0 Å². The Balaban J connectivity index is 2.27. The number of hydrogen-bond acceptors (Lipinski definition) is 2. The van der Waals surface area contributed by atoms with E-state index in [1.807, 2.05) is 51.1 Å². The maximum Gasteiger partial charge on any atom is 0.166 e. The normalized spacial score (nSPS) is 28.6. The van der Waals surface area contributed by atoms with Crippen LogP contribution in [0.25, 0.3) is 0 Å². The molecule has 0 radical (unpaired) electrons. The first-order chi connectivity index (χ1) is 9.00. The van der Waals surface area contributed by atoms with Gasteiger partial charge in [0.15, 0.2) is 6.29 Å². The number of rotatable bonds is 6. The van der Waals surface area contributed by atoms with Crippen molar-refractivity contribution in [2.24, 2.45) is 5.41 Å². The molecule has 19 heavy (non-hydrogen) atoms. The Morgan fingerprint density at radius 1 is 1.11 bits per heavy atom. The Morgan fingerprint density at radius 2 is 1.63 bits per heavy atom. The van der Waals surface area contributed by atoms with Gasteiger partial charge in [0.1, 0.15) is 4.33 Å². The van der Waals surface area contributed by atoms with E-state index in [2.05, 4.69) is 0 Å². The molecule has 2 unspecified atom stereocenters. The number of halogens is 2. The third kappa shape index (κ3) is 2.40. The summed E-state index contributed by atoms with van der Waals surface area (Å²) in [6.45, 7) is 7.07. The SMILES string of the molecule is CCOC(OCC)C1(C)C(c2ccccc2)C1(Cl)Cl. The van der Waals surface area contributed by atoms with Crippen molar-refractivity contribution in [3.63, 3.8) is 0 Å². The van der Waals surface area contributed by atoms with Gasteiger partial charge in [0.25, 0.3) is 0 Å². The molecule has 0 heterocycles. The topological polar surface area (TPSA) is 18.5 Å². The van der Waals surface area contributed by atoms with Crippen LogP contribution in [0.1, 0.15) is 32.3 Å². The Hall–Kier alpha value is -0.280. The molecule has 2 rings (SSSR count). The highest BCUT2D eigenvalue weighted by Crippen LogP contribution is 2.75. The summed E-state index contributed by atoms with van der Waals surface area (Å²) in [5.41, 5.74) is 0.697. The average molecular weight is 303 g/mol. The quantitative estimate of drug-likeness (QED) is 0.574. The van der Waals surface area contributed by atoms with Crippen molar-refractivity contribution >= 4 is 23.2 Å². The van der Waals surface area contributed by atoms with Crippen molar-refractivity contribution < 1.29 is 9.47 Å². The third-order valence-electron chi connectivity index (χ3n) is 3.86. The zero-order valence-electron chi connectivity index (χ0n) is 11.5. The fourth-order valence-electron chi connectivity index (χ4n) is 2.74. The van der Waals surface area contributed by atoms with Crippen LogP contribution in [0.15, 0.2) is 30.3 Å². The predicted molar refractivity (Wildman–Crippen MR) is 78.8 cm³/mol. The molecule has 4 heteroatoms. The average Bonchev–Trinajstić information content (AvgIpc) is 2.85. The first-order valence-corrected chi connectivity index (χ1v) is 7.41. The van der Waals surface area contributed by atoms with Gasteiger partial charge < -0.3 is 9.47 Å². The molecule has 1 aromatic carbocycles. The van der Waals surface area contributed by atoms with Crippen molar-refractivity contribution in [3.05, 3.63) is 35.9 Å². The van der Waals surface area contributed by atoms with Gasteiger partial charge in [0.2, 0.25) is 0 Å². The first kappa shape index (κ1) is 15.1. The van der Waals surface area contributed by atoms with Crippen LogP contribution in [0.3, 0.4) is 0 Å². The molecular formula is C15H20Cl2O2. The molecule has 0 saturated heterocycles. The number of benzene rings is 1. The Morgan fingerprint density at radius 3 is 2.11 bits per heavy atom. The van der Waals surface area contributed by atoms with Crippen LogP contribution in [0, 0.1) is 5.41 Å². The number of ether oxygens (including phenoxy) is 2. The lowest BCUT2D eigenvalue weighted by molar-refractivity contribution is -0.173. The number of alkyl halides is 2. The first-order valence-electron chi connectivity index (χ1n) is 6.66. The van der Waals surface area contributed by atoms with Crippen molar-refractivity contribution in [1.29, 1.82) is 0 Å². The molecule has 0 aliphatic heterocycles. The molecule has 2 atom stereocenters. The van der Waals surface area contributed by atoms with Crippen molar-refractivity contribution in [2.75, 3.05) is 13.2 Å². The molecule has 1 aliphatic carbocycles. The molecule has 1 aliphatic rings. The maximum atomic E-state index is 6.52. The summed E-state index contributed by atoms with van der Waals surface area (Å²) in [6.07, 6.45) is -0.386. The van der Waals surface area contributed by atoms with Gasteiger partial charge in [-0.1, -0.05) is 37.3 Å². The molecule has 0 amide bonds. The van der Waals surface area contributed by atoms with Gasteiger partial charge >= 0.3 is 0 Å². The largest absolute Gasteiger partial charge is 0.352 e. The van der Waals surface area contributed by atoms with Gasteiger partial charge in [-0.05, 0) is 19.4 Å². The fraction of sp³-hybridized carbons (Fsp3) is 0.600. The van der Waals surface area contributed by atoms with Crippen LogP contribution in [-0.4, -0.2) is 23.8 Å². The monoisotopic (exact) mass is 302 g/mol. The van der Waals surface area contributed by atoms with Crippen LogP contribution in [0.5, 0.6) is 0 Å². The van der Waals surface area contributed by atoms with Gasteiger partial charge in [-0.2, -0.15) is 0 Å². The smallest absolute Gasteiger partial charge is 0.166 e. The van der Waals surface area contributed by atoms with E-state index in [4.69, 9.17) is 32.7 Å². The zero-order chi connectivity index (χ0) is 14.1. The minimum atomic E-state index is -0.858. The lowest BCUT2D eigenvalue weighted by Crippen LogP contribution is -2.31. The summed E-state index contributed by atoms with van der Waals surface area (Å²) in [4.78, 5) is 0. The van der Waals surface area contributed by atoms with E-state index >= 15 is 0 Å². The van der Waals surface area contributed by atoms with E-state index in [1.54, 1.807) is 0 Å². The minimum Gasteiger partial charge on any atom is -0.352 e. The van der Waals surface area contributed by atoms with E-state index in [9.17, 15) is 0 Å². The molecule has 0 spiro atoms. The summed E-state index contributed by atoms with van der Waals surface area (Å²) < 4.78 is 10.6. The zero-order valence-corrected chi connectivity index (χ0v) is 13.0. The van der Waals surface area contributed by atoms with Crippen LogP contribution >= 0.6 is 23.2 Å². The molecule has 1 saturated carbocycles. The van der Waals surface area contributed by atoms with Gasteiger partial charge in [0, 0.05) is 19.1 Å². The van der Waals surface area contributed by atoms with Gasteiger partial charge in [0.05, 0.1) is 5.41 Å². The summed E-state index contributed by atoms with van der Waals surface area (Å²) in [5, 5.41) is 0. The second-order valence-electron chi connectivity index (χ2n) is 4.99. The van der Waals surface area contributed by atoms with Crippen LogP contribution in [0.4, 0.5) is 0 Å².